The van der Waals surface area contributed by atoms with Gasteiger partial charge in [0.05, 0.1) is 13.0 Å². The second kappa shape index (κ2) is 5.13. The van der Waals surface area contributed by atoms with Crippen LogP contribution < -0.4 is 0 Å². The maximum atomic E-state index is 11.1. The number of rotatable bonds is 1. The van der Waals surface area contributed by atoms with Crippen LogP contribution in [0.3, 0.4) is 0 Å². The van der Waals surface area contributed by atoms with Crippen LogP contribution in [-0.4, -0.2) is 28.7 Å². The molecule has 3 atom stereocenters. The zero-order valence-electron chi connectivity index (χ0n) is 8.22. The van der Waals surface area contributed by atoms with E-state index >= 15 is 0 Å². The molecular weight excluding hydrogens is 176 g/mol. The average molecular weight is 188 g/mol. The van der Waals surface area contributed by atoms with Crippen LogP contribution in [0.5, 0.6) is 0 Å². The van der Waals surface area contributed by atoms with E-state index in [-0.39, 0.29) is 11.9 Å². The number of fused-ring (bicyclic) bond motifs is 2. The standard InChI is InChI=1S/C9H12O2.B2N/c1-11-9(10)8-5-6-2-3-7(8)4-6;1-3-2/h2-3,6-8H,4-5H2,1H3;. The van der Waals surface area contributed by atoms with Crippen molar-refractivity contribution in [1.82, 2.24) is 0 Å². The van der Waals surface area contributed by atoms with E-state index in [2.05, 4.69) is 32.6 Å². The molecule has 2 aliphatic rings. The molecule has 2 rings (SSSR count). The molecule has 71 valence electrons. The zero-order chi connectivity index (χ0) is 10.6. The van der Waals surface area contributed by atoms with Gasteiger partial charge >= 0.3 is 26.4 Å². The van der Waals surface area contributed by atoms with E-state index in [1.807, 2.05) is 0 Å². The number of esters is 1. The Morgan fingerprint density at radius 3 is 2.50 bits per heavy atom. The number of hydrogen-bond acceptors (Lipinski definition) is 3. The van der Waals surface area contributed by atoms with Crippen molar-refractivity contribution in [2.45, 2.75) is 12.8 Å². The molecule has 1 saturated carbocycles. The fraction of sp³-hybridized carbons (Fsp3) is 0.667. The summed E-state index contributed by atoms with van der Waals surface area (Å²) in [6.45, 7) is 0. The second-order valence-corrected chi connectivity index (χ2v) is 3.56. The van der Waals surface area contributed by atoms with Crippen LogP contribution in [0.15, 0.2) is 17.0 Å². The Bertz CT molecular complexity index is 255. The van der Waals surface area contributed by atoms with Gasteiger partial charge in [-0.25, -0.2) is 0 Å². The van der Waals surface area contributed by atoms with Crippen molar-refractivity contribution in [3.05, 3.63) is 12.2 Å². The molecular formula is C9H12B2NO2. The first-order valence-corrected chi connectivity index (χ1v) is 4.59. The molecule has 0 amide bonds. The van der Waals surface area contributed by atoms with Gasteiger partial charge in [0.25, 0.3) is 0 Å². The normalized spacial score (nSPS) is 31.9. The van der Waals surface area contributed by atoms with Crippen molar-refractivity contribution in [2.24, 2.45) is 22.6 Å². The second-order valence-electron chi connectivity index (χ2n) is 3.56. The quantitative estimate of drug-likeness (QED) is 0.346. The third-order valence-corrected chi connectivity index (χ3v) is 2.78. The number of methoxy groups -OCH3 is 1. The monoisotopic (exact) mass is 188 g/mol. The molecule has 3 nitrogen and oxygen atoms in total. The van der Waals surface area contributed by atoms with Crippen LogP contribution in [0, 0.1) is 17.8 Å². The van der Waals surface area contributed by atoms with Crippen LogP contribution in [-0.2, 0) is 9.53 Å². The Kier molecular flexibility index (Phi) is 4.11. The van der Waals surface area contributed by atoms with Crippen molar-refractivity contribution in [2.75, 3.05) is 7.11 Å². The van der Waals surface area contributed by atoms with Gasteiger partial charge in [-0.15, -0.1) is 0 Å². The van der Waals surface area contributed by atoms with E-state index in [1.54, 1.807) is 0 Å². The Hall–Kier alpha value is -0.860. The molecule has 0 aliphatic heterocycles. The summed E-state index contributed by atoms with van der Waals surface area (Å²) in [7, 11) is 9.97. The van der Waals surface area contributed by atoms with Gasteiger partial charge in [0, 0.05) is 0 Å². The van der Waals surface area contributed by atoms with E-state index < -0.39 is 0 Å². The van der Waals surface area contributed by atoms with Crippen molar-refractivity contribution >= 4 is 21.6 Å². The number of nitrogens with zero attached hydrogens (tertiary/aromatic N) is 1. The number of carbonyl (C=O) groups excluding carboxylic acids is 1. The Morgan fingerprint density at radius 2 is 2.14 bits per heavy atom. The van der Waals surface area contributed by atoms with Gasteiger partial charge in [-0.2, -0.15) is 0 Å². The third-order valence-electron chi connectivity index (χ3n) is 2.78. The van der Waals surface area contributed by atoms with Crippen LogP contribution in [0.1, 0.15) is 12.8 Å². The van der Waals surface area contributed by atoms with Crippen LogP contribution >= 0.6 is 0 Å². The first-order chi connectivity index (χ1) is 6.72. The summed E-state index contributed by atoms with van der Waals surface area (Å²) in [5.41, 5.74) is 0. The van der Waals surface area contributed by atoms with Crippen molar-refractivity contribution in [3.8, 4) is 0 Å². The minimum atomic E-state index is -0.0261. The number of allylic oxidation sites excluding steroid dienone is 2. The minimum absolute atomic E-state index is 0.0261. The molecule has 3 radical (unpaired) electrons. The van der Waals surface area contributed by atoms with E-state index in [4.69, 9.17) is 4.74 Å². The zero-order valence-corrected chi connectivity index (χ0v) is 8.22. The Morgan fingerprint density at radius 1 is 1.50 bits per heavy atom. The van der Waals surface area contributed by atoms with Gasteiger partial charge in [-0.3, -0.25) is 4.79 Å². The van der Waals surface area contributed by atoms with Crippen molar-refractivity contribution < 1.29 is 9.53 Å². The number of ether oxygens (including phenoxy) is 1. The van der Waals surface area contributed by atoms with Crippen molar-refractivity contribution in [1.29, 1.82) is 0 Å². The first-order valence-electron chi connectivity index (χ1n) is 4.59. The molecule has 0 saturated heterocycles. The van der Waals surface area contributed by atoms with Gasteiger partial charge in [-0.1, -0.05) is 12.2 Å². The predicted molar refractivity (Wildman–Crippen MR) is 54.8 cm³/mol. The maximum absolute atomic E-state index is 11.1. The molecule has 0 aromatic heterocycles. The summed E-state index contributed by atoms with van der Waals surface area (Å²) < 4.78 is 4.71. The van der Waals surface area contributed by atoms with Crippen LogP contribution in [0.25, 0.3) is 0 Å². The van der Waals surface area contributed by atoms with E-state index in [1.165, 1.54) is 13.5 Å². The molecule has 0 spiro atoms. The predicted octanol–water partition coefficient (Wildman–Crippen LogP) is 0.794. The van der Waals surface area contributed by atoms with E-state index in [9.17, 15) is 4.79 Å². The number of hydrogen-bond donors (Lipinski definition) is 0. The molecule has 14 heavy (non-hydrogen) atoms. The molecule has 0 N–H and O–H groups in total. The van der Waals surface area contributed by atoms with Gasteiger partial charge in [-0.05, 0) is 24.7 Å². The topological polar surface area (TPSA) is 38.7 Å². The first kappa shape index (κ1) is 11.2. The molecule has 3 unspecified atom stereocenters. The SMILES string of the molecule is COC(=O)C1CC2C=CC1C2.[B]N=[B]. The van der Waals surface area contributed by atoms with Gasteiger partial charge in [0.15, 0.2) is 0 Å². The summed E-state index contributed by atoms with van der Waals surface area (Å²) >= 11 is 0. The summed E-state index contributed by atoms with van der Waals surface area (Å²) in [5, 5.41) is 0. The molecule has 0 aromatic rings. The Balaban J connectivity index is 0.000000293. The summed E-state index contributed by atoms with van der Waals surface area (Å²) in [6.07, 6.45) is 6.56. The fourth-order valence-corrected chi connectivity index (χ4v) is 2.20. The number of carbonyl (C=O) groups is 1. The molecule has 0 heterocycles. The van der Waals surface area contributed by atoms with Gasteiger partial charge < -0.3 is 4.74 Å². The molecule has 1 fully saturated rings. The van der Waals surface area contributed by atoms with E-state index in [0.29, 0.717) is 11.8 Å². The summed E-state index contributed by atoms with van der Waals surface area (Å²) in [5.74, 6) is 1.27. The average Bonchev–Trinajstić information content (AvgIpc) is 2.78. The van der Waals surface area contributed by atoms with Crippen LogP contribution in [0.2, 0.25) is 0 Å². The van der Waals surface area contributed by atoms with E-state index in [0.717, 1.165) is 6.42 Å². The van der Waals surface area contributed by atoms with Crippen molar-refractivity contribution in [3.63, 3.8) is 0 Å². The third kappa shape index (κ3) is 2.34. The Labute approximate surface area is 86.5 Å². The molecule has 2 bridgehead atoms. The van der Waals surface area contributed by atoms with Crippen LogP contribution in [0.4, 0.5) is 0 Å². The molecule has 5 heteroatoms. The van der Waals surface area contributed by atoms with Gasteiger partial charge in [0.1, 0.15) is 0 Å². The molecule has 2 aliphatic carbocycles. The summed E-state index contributed by atoms with van der Waals surface area (Å²) in [6, 6.07) is 0. The molecule has 0 aromatic carbocycles. The summed E-state index contributed by atoms with van der Waals surface area (Å²) in [4.78, 5) is 13.6. The van der Waals surface area contributed by atoms with Gasteiger partial charge in [0.2, 0.25) is 0 Å². The fourth-order valence-electron chi connectivity index (χ4n) is 2.20.